The fourth-order valence-electron chi connectivity index (χ4n) is 1.93. The van der Waals surface area contributed by atoms with Gasteiger partial charge in [-0.25, -0.2) is 4.79 Å². The Morgan fingerprint density at radius 2 is 2.07 bits per heavy atom. The molecule has 4 nitrogen and oxygen atoms in total. The minimum atomic E-state index is -0.000139. The molecule has 0 heterocycles. The summed E-state index contributed by atoms with van der Waals surface area (Å²) < 4.78 is 0. The molecule has 88 valence electrons. The van der Waals surface area contributed by atoms with Crippen molar-refractivity contribution < 1.29 is 4.79 Å². The maximum atomic E-state index is 11.7. The van der Waals surface area contributed by atoms with E-state index in [1.807, 2.05) is 6.92 Å². The van der Waals surface area contributed by atoms with Gasteiger partial charge in [0.25, 0.3) is 0 Å². The monoisotopic (exact) mass is 213 g/mol. The molecule has 1 fully saturated rings. The van der Waals surface area contributed by atoms with Crippen molar-refractivity contribution in [2.75, 3.05) is 13.6 Å². The topological polar surface area (TPSA) is 58.4 Å². The molecule has 1 aliphatic rings. The van der Waals surface area contributed by atoms with Crippen LogP contribution in [0, 0.1) is 0 Å². The number of nitrogens with two attached hydrogens (primary N) is 1. The molecule has 2 atom stereocenters. The van der Waals surface area contributed by atoms with E-state index in [9.17, 15) is 4.79 Å². The first-order chi connectivity index (χ1) is 7.15. The van der Waals surface area contributed by atoms with Crippen LogP contribution in [0.2, 0.25) is 0 Å². The quantitative estimate of drug-likeness (QED) is 0.679. The van der Waals surface area contributed by atoms with Crippen LogP contribution in [0.15, 0.2) is 0 Å². The summed E-state index contributed by atoms with van der Waals surface area (Å²) in [6, 6.07) is 0.288. The number of nitrogens with zero attached hydrogens (tertiary/aromatic N) is 1. The predicted octanol–water partition coefficient (Wildman–Crippen LogP) is 1.31. The van der Waals surface area contributed by atoms with Gasteiger partial charge in [-0.05, 0) is 19.8 Å². The molecular weight excluding hydrogens is 190 g/mol. The van der Waals surface area contributed by atoms with E-state index in [4.69, 9.17) is 5.73 Å². The number of hydrogen-bond donors (Lipinski definition) is 2. The van der Waals surface area contributed by atoms with Gasteiger partial charge in [-0.15, -0.1) is 0 Å². The van der Waals surface area contributed by atoms with Gasteiger partial charge >= 0.3 is 6.03 Å². The van der Waals surface area contributed by atoms with Crippen molar-refractivity contribution in [3.63, 3.8) is 0 Å². The van der Waals surface area contributed by atoms with Gasteiger partial charge in [0, 0.05) is 25.7 Å². The molecule has 1 saturated carbocycles. The molecule has 0 aromatic heterocycles. The van der Waals surface area contributed by atoms with E-state index in [1.165, 1.54) is 19.3 Å². The van der Waals surface area contributed by atoms with Gasteiger partial charge in [-0.3, -0.25) is 0 Å². The highest BCUT2D eigenvalue weighted by Gasteiger charge is 2.22. The summed E-state index contributed by atoms with van der Waals surface area (Å²) in [4.78, 5) is 13.3. The Morgan fingerprint density at radius 3 is 2.73 bits per heavy atom. The lowest BCUT2D eigenvalue weighted by molar-refractivity contribution is 0.203. The lowest BCUT2D eigenvalue weighted by Gasteiger charge is -2.25. The molecule has 0 aliphatic heterocycles. The molecule has 1 rings (SSSR count). The number of urea groups is 1. The van der Waals surface area contributed by atoms with E-state index >= 15 is 0 Å². The Labute approximate surface area is 92.2 Å². The van der Waals surface area contributed by atoms with Crippen LogP contribution >= 0.6 is 0 Å². The Balaban J connectivity index is 2.44. The maximum absolute atomic E-state index is 11.7. The van der Waals surface area contributed by atoms with E-state index in [1.54, 1.807) is 11.9 Å². The highest BCUT2D eigenvalue weighted by molar-refractivity contribution is 5.74. The summed E-state index contributed by atoms with van der Waals surface area (Å²) >= 11 is 0. The minimum absolute atomic E-state index is 0.000139. The Morgan fingerprint density at radius 1 is 1.40 bits per heavy atom. The standard InChI is InChI=1S/C11H23N3O/c1-3-14(2)11(15)13-10-8-6-4-5-7-9(10)12/h9-10H,3-8,12H2,1-2H3,(H,13,15). The van der Waals surface area contributed by atoms with Crippen LogP contribution in [-0.2, 0) is 0 Å². The average Bonchev–Trinajstić information content (AvgIpc) is 2.43. The smallest absolute Gasteiger partial charge is 0.317 e. The van der Waals surface area contributed by atoms with Crippen LogP contribution in [0.1, 0.15) is 39.0 Å². The van der Waals surface area contributed by atoms with Gasteiger partial charge < -0.3 is 16.0 Å². The summed E-state index contributed by atoms with van der Waals surface area (Å²) in [5, 5.41) is 3.02. The molecule has 0 aromatic carbocycles. The number of rotatable bonds is 2. The number of carbonyl (C=O) groups excluding carboxylic acids is 1. The van der Waals surface area contributed by atoms with Crippen molar-refractivity contribution in [2.45, 2.75) is 51.1 Å². The molecular formula is C11H23N3O. The molecule has 3 N–H and O–H groups in total. The van der Waals surface area contributed by atoms with Crippen LogP contribution in [-0.4, -0.2) is 36.6 Å². The van der Waals surface area contributed by atoms with Gasteiger partial charge in [0.05, 0.1) is 0 Å². The Bertz CT molecular complexity index is 208. The van der Waals surface area contributed by atoms with Gasteiger partial charge in [-0.2, -0.15) is 0 Å². The van der Waals surface area contributed by atoms with Crippen LogP contribution in [0.5, 0.6) is 0 Å². The Hall–Kier alpha value is -0.770. The summed E-state index contributed by atoms with van der Waals surface area (Å²) in [5.41, 5.74) is 6.04. The summed E-state index contributed by atoms with van der Waals surface area (Å²) in [5.74, 6) is 0. The van der Waals surface area contributed by atoms with Crippen molar-refractivity contribution >= 4 is 6.03 Å². The van der Waals surface area contributed by atoms with Gasteiger partial charge in [-0.1, -0.05) is 19.3 Å². The van der Waals surface area contributed by atoms with E-state index < -0.39 is 0 Å². The zero-order valence-corrected chi connectivity index (χ0v) is 9.83. The van der Waals surface area contributed by atoms with E-state index in [2.05, 4.69) is 5.32 Å². The molecule has 0 radical (unpaired) electrons. The molecule has 15 heavy (non-hydrogen) atoms. The second-order valence-electron chi connectivity index (χ2n) is 4.37. The zero-order valence-electron chi connectivity index (χ0n) is 9.83. The van der Waals surface area contributed by atoms with E-state index in [0.717, 1.165) is 19.4 Å². The second-order valence-corrected chi connectivity index (χ2v) is 4.37. The molecule has 0 aromatic rings. The predicted molar refractivity (Wildman–Crippen MR) is 61.7 cm³/mol. The largest absolute Gasteiger partial charge is 0.334 e. The van der Waals surface area contributed by atoms with Crippen molar-refractivity contribution in [2.24, 2.45) is 5.73 Å². The molecule has 2 unspecified atom stereocenters. The molecule has 0 spiro atoms. The number of amides is 2. The fraction of sp³-hybridized carbons (Fsp3) is 0.909. The van der Waals surface area contributed by atoms with Gasteiger partial charge in [0.2, 0.25) is 0 Å². The zero-order chi connectivity index (χ0) is 11.3. The fourth-order valence-corrected chi connectivity index (χ4v) is 1.93. The molecule has 1 aliphatic carbocycles. The van der Waals surface area contributed by atoms with Crippen molar-refractivity contribution in [3.8, 4) is 0 Å². The highest BCUT2D eigenvalue weighted by Crippen LogP contribution is 2.16. The van der Waals surface area contributed by atoms with Gasteiger partial charge in [0.1, 0.15) is 0 Å². The lowest BCUT2D eigenvalue weighted by Crippen LogP contribution is -2.50. The SMILES string of the molecule is CCN(C)C(=O)NC1CCCCCC1N. The normalized spacial score (nSPS) is 26.9. The summed E-state index contributed by atoms with van der Waals surface area (Å²) in [6.07, 6.45) is 5.65. The summed E-state index contributed by atoms with van der Waals surface area (Å²) in [7, 11) is 1.80. The van der Waals surface area contributed by atoms with Crippen LogP contribution < -0.4 is 11.1 Å². The third-order valence-corrected chi connectivity index (χ3v) is 3.20. The molecule has 2 amide bonds. The van der Waals surface area contributed by atoms with E-state index in [-0.39, 0.29) is 18.1 Å². The minimum Gasteiger partial charge on any atom is -0.334 e. The van der Waals surface area contributed by atoms with Crippen molar-refractivity contribution in [1.29, 1.82) is 0 Å². The number of carbonyl (C=O) groups is 1. The number of nitrogens with one attached hydrogen (secondary N) is 1. The highest BCUT2D eigenvalue weighted by atomic mass is 16.2. The maximum Gasteiger partial charge on any atom is 0.317 e. The third-order valence-electron chi connectivity index (χ3n) is 3.20. The first-order valence-electron chi connectivity index (χ1n) is 5.92. The van der Waals surface area contributed by atoms with Gasteiger partial charge in [0.15, 0.2) is 0 Å². The lowest BCUT2D eigenvalue weighted by atomic mass is 10.0. The molecule has 0 bridgehead atoms. The third kappa shape index (κ3) is 3.70. The first kappa shape index (κ1) is 12.3. The molecule has 0 saturated heterocycles. The average molecular weight is 213 g/mol. The molecule has 4 heteroatoms. The second kappa shape index (κ2) is 5.95. The first-order valence-corrected chi connectivity index (χ1v) is 5.92. The number of hydrogen-bond acceptors (Lipinski definition) is 2. The van der Waals surface area contributed by atoms with Crippen molar-refractivity contribution in [1.82, 2.24) is 10.2 Å². The van der Waals surface area contributed by atoms with E-state index in [0.29, 0.717) is 0 Å². The van der Waals surface area contributed by atoms with Crippen LogP contribution in [0.4, 0.5) is 4.79 Å². The summed E-state index contributed by atoms with van der Waals surface area (Å²) in [6.45, 7) is 2.69. The van der Waals surface area contributed by atoms with Crippen molar-refractivity contribution in [3.05, 3.63) is 0 Å². The Kier molecular flexibility index (Phi) is 4.88. The van der Waals surface area contributed by atoms with Crippen LogP contribution in [0.25, 0.3) is 0 Å². The van der Waals surface area contributed by atoms with Crippen LogP contribution in [0.3, 0.4) is 0 Å².